The second-order valence-corrected chi connectivity index (χ2v) is 2.94. The van der Waals surface area contributed by atoms with E-state index in [0.717, 1.165) is 0 Å². The molecule has 1 aliphatic carbocycles. The van der Waals surface area contributed by atoms with E-state index in [9.17, 15) is 0 Å². The van der Waals surface area contributed by atoms with Gasteiger partial charge in [0.1, 0.15) is 0 Å². The van der Waals surface area contributed by atoms with Crippen molar-refractivity contribution in [2.45, 2.75) is 44.3 Å². The van der Waals surface area contributed by atoms with Crippen molar-refractivity contribution >= 4 is 0 Å². The van der Waals surface area contributed by atoms with Gasteiger partial charge in [-0.2, -0.15) is 0 Å². The van der Waals surface area contributed by atoms with Crippen molar-refractivity contribution in [1.29, 1.82) is 0 Å². The molecule has 2 nitrogen and oxygen atoms in total. The summed E-state index contributed by atoms with van der Waals surface area (Å²) in [4.78, 5) is 10.2. The average molecular weight is 128 g/mol. The minimum Gasteiger partial charge on any atom is -0.233 e. The Morgan fingerprint density at radius 1 is 0.778 bits per heavy atom. The molecule has 0 amide bonds. The predicted octanol–water partition coefficient (Wildman–Crippen LogP) is 1.65. The first-order valence-corrected chi connectivity index (χ1v) is 3.77. The number of rotatable bonds is 0. The lowest BCUT2D eigenvalue weighted by atomic mass is 10.1. The molecular formula is C7H12O2. The van der Waals surface area contributed by atoms with Crippen molar-refractivity contribution in [2.75, 3.05) is 0 Å². The minimum absolute atomic E-state index is 0.420. The normalized spacial score (nSPS) is 42.7. The van der Waals surface area contributed by atoms with Crippen LogP contribution in [0.3, 0.4) is 0 Å². The topological polar surface area (TPSA) is 18.5 Å². The molecule has 0 aromatic carbocycles. The fourth-order valence-electron chi connectivity index (χ4n) is 1.58. The van der Waals surface area contributed by atoms with Crippen LogP contribution in [0.25, 0.3) is 0 Å². The van der Waals surface area contributed by atoms with Gasteiger partial charge in [0.15, 0.2) is 0 Å². The first-order chi connectivity index (χ1) is 4.45. The smallest absolute Gasteiger partial charge is 0.0931 e. The van der Waals surface area contributed by atoms with E-state index in [1.165, 1.54) is 32.1 Å². The minimum atomic E-state index is 0.420. The van der Waals surface area contributed by atoms with Crippen LogP contribution in [0.15, 0.2) is 0 Å². The van der Waals surface area contributed by atoms with Gasteiger partial charge in [-0.15, -0.1) is 0 Å². The third kappa shape index (κ3) is 1.10. The lowest BCUT2D eigenvalue weighted by Crippen LogP contribution is -2.22. The molecule has 3 fully saturated rings. The quantitative estimate of drug-likeness (QED) is 0.462. The summed E-state index contributed by atoms with van der Waals surface area (Å²) in [6.07, 6.45) is 6.96. The van der Waals surface area contributed by atoms with Crippen molar-refractivity contribution in [2.24, 2.45) is 0 Å². The third-order valence-corrected chi connectivity index (χ3v) is 2.19. The number of hydrogen-bond acceptors (Lipinski definition) is 2. The predicted molar refractivity (Wildman–Crippen MR) is 32.8 cm³/mol. The number of hydrogen-bond donors (Lipinski definition) is 0. The van der Waals surface area contributed by atoms with E-state index in [4.69, 9.17) is 9.78 Å². The van der Waals surface area contributed by atoms with E-state index >= 15 is 0 Å². The van der Waals surface area contributed by atoms with Gasteiger partial charge in [-0.1, -0.05) is 0 Å². The number of fused-ring (bicyclic) bond motifs is 4. The molecule has 1 saturated carbocycles. The van der Waals surface area contributed by atoms with Gasteiger partial charge in [0.2, 0.25) is 0 Å². The molecule has 2 atom stereocenters. The zero-order valence-corrected chi connectivity index (χ0v) is 5.51. The molecule has 2 saturated heterocycles. The lowest BCUT2D eigenvalue weighted by molar-refractivity contribution is -0.366. The molecule has 2 aliphatic heterocycles. The summed E-state index contributed by atoms with van der Waals surface area (Å²) in [5.74, 6) is 0. The third-order valence-electron chi connectivity index (χ3n) is 2.19. The van der Waals surface area contributed by atoms with Crippen molar-refractivity contribution in [3.8, 4) is 0 Å². The molecule has 2 bridgehead atoms. The van der Waals surface area contributed by atoms with Crippen LogP contribution in [0, 0.1) is 0 Å². The van der Waals surface area contributed by atoms with Gasteiger partial charge < -0.3 is 0 Å². The zero-order valence-electron chi connectivity index (χ0n) is 5.51. The molecule has 0 N–H and O–H groups in total. The van der Waals surface area contributed by atoms with Crippen LogP contribution < -0.4 is 0 Å². The van der Waals surface area contributed by atoms with Crippen LogP contribution in [-0.4, -0.2) is 12.2 Å². The van der Waals surface area contributed by atoms with Crippen molar-refractivity contribution in [1.82, 2.24) is 0 Å². The maximum Gasteiger partial charge on any atom is 0.0931 e. The highest BCUT2D eigenvalue weighted by atomic mass is 17.2. The zero-order chi connectivity index (χ0) is 6.10. The molecule has 3 rings (SSSR count). The highest BCUT2D eigenvalue weighted by Crippen LogP contribution is 2.28. The summed E-state index contributed by atoms with van der Waals surface area (Å²) in [5.41, 5.74) is 0. The van der Waals surface area contributed by atoms with Gasteiger partial charge in [0, 0.05) is 0 Å². The maximum absolute atomic E-state index is 5.10. The van der Waals surface area contributed by atoms with Gasteiger partial charge in [0.25, 0.3) is 0 Å². The van der Waals surface area contributed by atoms with Gasteiger partial charge >= 0.3 is 0 Å². The Bertz CT molecular complexity index is 77.6. The molecule has 2 heterocycles. The lowest BCUT2D eigenvalue weighted by Gasteiger charge is -2.22. The van der Waals surface area contributed by atoms with Gasteiger partial charge in [0.05, 0.1) is 12.2 Å². The fourth-order valence-corrected chi connectivity index (χ4v) is 1.58. The molecule has 0 spiro atoms. The molecule has 0 aromatic heterocycles. The van der Waals surface area contributed by atoms with E-state index < -0.39 is 0 Å². The maximum atomic E-state index is 5.10. The Kier molecular flexibility index (Phi) is 1.44. The van der Waals surface area contributed by atoms with E-state index in [0.29, 0.717) is 12.2 Å². The molecule has 2 heteroatoms. The van der Waals surface area contributed by atoms with E-state index in [1.54, 1.807) is 0 Å². The average Bonchev–Trinajstić information content (AvgIpc) is 2.21. The largest absolute Gasteiger partial charge is 0.233 e. The summed E-state index contributed by atoms with van der Waals surface area (Å²) in [7, 11) is 0. The summed E-state index contributed by atoms with van der Waals surface area (Å²) < 4.78 is 0. The molecule has 0 radical (unpaired) electrons. The van der Waals surface area contributed by atoms with Gasteiger partial charge in [-0.05, 0) is 32.1 Å². The van der Waals surface area contributed by atoms with Crippen LogP contribution in [0.2, 0.25) is 0 Å². The molecule has 3 aliphatic rings. The van der Waals surface area contributed by atoms with Crippen LogP contribution in [0.5, 0.6) is 0 Å². The standard InChI is InChI=1S/C7H12O2/c1-2-6-4-5-7(3-1)9-8-6/h6-7H,1-5H2. The Balaban J connectivity index is 2.03. The monoisotopic (exact) mass is 128 g/mol. The van der Waals surface area contributed by atoms with Gasteiger partial charge in [-0.3, -0.25) is 0 Å². The van der Waals surface area contributed by atoms with Crippen molar-refractivity contribution < 1.29 is 9.78 Å². The Morgan fingerprint density at radius 2 is 1.33 bits per heavy atom. The summed E-state index contributed by atoms with van der Waals surface area (Å²) in [6, 6.07) is 0. The highest BCUT2D eigenvalue weighted by molar-refractivity contribution is 4.71. The Hall–Kier alpha value is -0.0800. The van der Waals surface area contributed by atoms with E-state index in [-0.39, 0.29) is 0 Å². The highest BCUT2D eigenvalue weighted by Gasteiger charge is 2.26. The van der Waals surface area contributed by atoms with E-state index in [2.05, 4.69) is 0 Å². The van der Waals surface area contributed by atoms with Crippen LogP contribution in [-0.2, 0) is 9.78 Å². The SMILES string of the molecule is C1CC2CCC(C1)OO2. The Morgan fingerprint density at radius 3 is 1.78 bits per heavy atom. The summed E-state index contributed by atoms with van der Waals surface area (Å²) in [5, 5.41) is 0. The molecular weight excluding hydrogens is 116 g/mol. The van der Waals surface area contributed by atoms with Crippen LogP contribution >= 0.6 is 0 Å². The molecule has 9 heavy (non-hydrogen) atoms. The second kappa shape index (κ2) is 2.27. The summed E-state index contributed by atoms with van der Waals surface area (Å²) >= 11 is 0. The first kappa shape index (κ1) is 5.69. The molecule has 2 unspecified atom stereocenters. The van der Waals surface area contributed by atoms with Gasteiger partial charge in [-0.25, -0.2) is 9.78 Å². The van der Waals surface area contributed by atoms with E-state index in [1.807, 2.05) is 0 Å². The van der Waals surface area contributed by atoms with Crippen LogP contribution in [0.1, 0.15) is 32.1 Å². The first-order valence-electron chi connectivity index (χ1n) is 3.77. The summed E-state index contributed by atoms with van der Waals surface area (Å²) in [6.45, 7) is 0. The Labute approximate surface area is 55.1 Å². The second-order valence-electron chi connectivity index (χ2n) is 2.94. The van der Waals surface area contributed by atoms with Crippen molar-refractivity contribution in [3.63, 3.8) is 0 Å². The fraction of sp³-hybridized carbons (Fsp3) is 1.00. The molecule has 52 valence electrons. The molecule has 0 aromatic rings. The van der Waals surface area contributed by atoms with Crippen LogP contribution in [0.4, 0.5) is 0 Å². The van der Waals surface area contributed by atoms with Crippen molar-refractivity contribution in [3.05, 3.63) is 0 Å².